The minimum Gasteiger partial charge on any atom is -0.490 e. The molecule has 1 aromatic rings. The second kappa shape index (κ2) is 7.68. The molecule has 0 saturated heterocycles. The van der Waals surface area contributed by atoms with Gasteiger partial charge < -0.3 is 9.64 Å². The number of hydrogen-bond donors (Lipinski definition) is 0. The maximum absolute atomic E-state index is 13.4. The third-order valence-electron chi connectivity index (χ3n) is 2.78. The predicted molar refractivity (Wildman–Crippen MR) is 78.6 cm³/mol. The molecule has 0 aromatic heterocycles. The van der Waals surface area contributed by atoms with E-state index in [-0.39, 0.29) is 17.6 Å². The Balaban J connectivity index is 2.89. The lowest BCUT2D eigenvalue weighted by molar-refractivity contribution is 0.0787. The van der Waals surface area contributed by atoms with Crippen molar-refractivity contribution in [3.63, 3.8) is 0 Å². The molecular formula is C16H22FNO2. The molecule has 1 aromatic carbocycles. The van der Waals surface area contributed by atoms with Gasteiger partial charge >= 0.3 is 0 Å². The molecule has 0 N–H and O–H groups in total. The van der Waals surface area contributed by atoms with E-state index in [1.165, 1.54) is 18.2 Å². The minimum atomic E-state index is -0.441. The van der Waals surface area contributed by atoms with E-state index in [0.29, 0.717) is 12.3 Å². The summed E-state index contributed by atoms with van der Waals surface area (Å²) < 4.78 is 18.9. The van der Waals surface area contributed by atoms with Crippen molar-refractivity contribution < 1.29 is 13.9 Å². The maximum Gasteiger partial charge on any atom is 0.257 e. The zero-order chi connectivity index (χ0) is 15.1. The first-order valence-corrected chi connectivity index (χ1v) is 6.78. The number of nitrogens with zero attached hydrogens (tertiary/aromatic N) is 1. The van der Waals surface area contributed by atoms with E-state index in [1.54, 1.807) is 11.9 Å². The third-order valence-corrected chi connectivity index (χ3v) is 2.78. The lowest BCUT2D eigenvalue weighted by Gasteiger charge is -2.20. The minimum absolute atomic E-state index is 0.0712. The number of amides is 1. The summed E-state index contributed by atoms with van der Waals surface area (Å²) in [5, 5.41) is 0. The fourth-order valence-corrected chi connectivity index (χ4v) is 1.81. The van der Waals surface area contributed by atoms with Crippen molar-refractivity contribution in [3.8, 4) is 5.75 Å². The highest BCUT2D eigenvalue weighted by Gasteiger charge is 2.18. The van der Waals surface area contributed by atoms with Crippen LogP contribution >= 0.6 is 0 Å². The second-order valence-corrected chi connectivity index (χ2v) is 4.96. The van der Waals surface area contributed by atoms with Gasteiger partial charge in [0.05, 0.1) is 11.7 Å². The number of benzene rings is 1. The molecule has 0 bridgehead atoms. The molecule has 3 nitrogen and oxygen atoms in total. The Morgan fingerprint density at radius 3 is 2.80 bits per heavy atom. The van der Waals surface area contributed by atoms with E-state index < -0.39 is 5.82 Å². The molecule has 110 valence electrons. The molecule has 0 saturated carbocycles. The Hall–Kier alpha value is -1.84. The van der Waals surface area contributed by atoms with Crippen LogP contribution in [0, 0.1) is 5.82 Å². The first kappa shape index (κ1) is 16.2. The molecule has 0 unspecified atom stereocenters. The van der Waals surface area contributed by atoms with Gasteiger partial charge in [0.15, 0.2) is 0 Å². The average molecular weight is 279 g/mol. The third kappa shape index (κ3) is 4.68. The number of ether oxygens (including phenoxy) is 1. The highest BCUT2D eigenvalue weighted by molar-refractivity contribution is 5.96. The first-order valence-electron chi connectivity index (χ1n) is 6.78. The first-order chi connectivity index (χ1) is 9.45. The van der Waals surface area contributed by atoms with Crippen LogP contribution in [0.1, 0.15) is 37.0 Å². The second-order valence-electron chi connectivity index (χ2n) is 4.96. The van der Waals surface area contributed by atoms with E-state index in [9.17, 15) is 9.18 Å². The molecule has 0 atom stereocenters. The van der Waals surface area contributed by atoms with Gasteiger partial charge in [-0.3, -0.25) is 4.79 Å². The summed E-state index contributed by atoms with van der Waals surface area (Å²) in [5.41, 5.74) is 0.264. The zero-order valence-corrected chi connectivity index (χ0v) is 12.4. The van der Waals surface area contributed by atoms with E-state index in [0.717, 1.165) is 12.8 Å². The maximum atomic E-state index is 13.4. The average Bonchev–Trinajstić information content (AvgIpc) is 2.39. The number of rotatable bonds is 7. The number of carbonyl (C=O) groups excluding carboxylic acids is 1. The standard InChI is InChI=1S/C16H22FNO2/c1-5-6-7-10-18(4)16(19)14-11-13(17)8-9-15(14)20-12(2)3/h5,8-9,11-12H,1,6-7,10H2,2-4H3. The van der Waals surface area contributed by atoms with Crippen LogP contribution in [0.15, 0.2) is 30.9 Å². The fraction of sp³-hybridized carbons (Fsp3) is 0.438. The highest BCUT2D eigenvalue weighted by atomic mass is 19.1. The lowest BCUT2D eigenvalue weighted by atomic mass is 10.1. The fourth-order valence-electron chi connectivity index (χ4n) is 1.81. The van der Waals surface area contributed by atoms with E-state index in [1.807, 2.05) is 19.9 Å². The predicted octanol–water partition coefficient (Wildman–Crippen LogP) is 3.65. The summed E-state index contributed by atoms with van der Waals surface area (Å²) >= 11 is 0. The molecule has 0 spiro atoms. The molecule has 0 aliphatic carbocycles. The van der Waals surface area contributed by atoms with Crippen LogP contribution in [0.4, 0.5) is 4.39 Å². The van der Waals surface area contributed by atoms with Crippen LogP contribution in [-0.2, 0) is 0 Å². The summed E-state index contributed by atoms with van der Waals surface area (Å²) in [6, 6.07) is 4.02. The van der Waals surface area contributed by atoms with Crippen LogP contribution in [0.5, 0.6) is 5.75 Å². The zero-order valence-electron chi connectivity index (χ0n) is 12.4. The highest BCUT2D eigenvalue weighted by Crippen LogP contribution is 2.22. The van der Waals surface area contributed by atoms with Crippen LogP contribution in [-0.4, -0.2) is 30.5 Å². The molecule has 1 rings (SSSR count). The van der Waals surface area contributed by atoms with Gasteiger partial charge in [-0.15, -0.1) is 6.58 Å². The van der Waals surface area contributed by atoms with Crippen LogP contribution in [0.3, 0.4) is 0 Å². The summed E-state index contributed by atoms with van der Waals surface area (Å²) in [5.74, 6) is -0.255. The molecular weight excluding hydrogens is 257 g/mol. The van der Waals surface area contributed by atoms with Crippen molar-refractivity contribution in [1.82, 2.24) is 4.90 Å². The molecule has 0 radical (unpaired) electrons. The molecule has 4 heteroatoms. The Morgan fingerprint density at radius 2 is 2.20 bits per heavy atom. The Kier molecular flexibility index (Phi) is 6.22. The molecule has 1 amide bonds. The quantitative estimate of drug-likeness (QED) is 0.563. The van der Waals surface area contributed by atoms with Crippen molar-refractivity contribution >= 4 is 5.91 Å². The van der Waals surface area contributed by atoms with Crippen molar-refractivity contribution in [2.75, 3.05) is 13.6 Å². The molecule has 0 fully saturated rings. The SMILES string of the molecule is C=CCCCN(C)C(=O)c1cc(F)ccc1OC(C)C. The molecule has 0 heterocycles. The molecule has 0 aliphatic rings. The van der Waals surface area contributed by atoms with Crippen LogP contribution in [0.25, 0.3) is 0 Å². The van der Waals surface area contributed by atoms with E-state index in [4.69, 9.17) is 4.74 Å². The van der Waals surface area contributed by atoms with Gasteiger partial charge in [-0.25, -0.2) is 4.39 Å². The Labute approximate surface area is 120 Å². The number of halogens is 1. The number of unbranched alkanes of at least 4 members (excludes halogenated alkanes) is 1. The number of hydrogen-bond acceptors (Lipinski definition) is 2. The van der Waals surface area contributed by atoms with Crippen molar-refractivity contribution in [3.05, 3.63) is 42.2 Å². The van der Waals surface area contributed by atoms with Gasteiger partial charge in [-0.2, -0.15) is 0 Å². The number of allylic oxidation sites excluding steroid dienone is 1. The van der Waals surface area contributed by atoms with Gasteiger partial charge in [0.25, 0.3) is 5.91 Å². The van der Waals surface area contributed by atoms with E-state index >= 15 is 0 Å². The van der Waals surface area contributed by atoms with Gasteiger partial charge in [-0.05, 0) is 44.9 Å². The number of carbonyl (C=O) groups is 1. The van der Waals surface area contributed by atoms with E-state index in [2.05, 4.69) is 6.58 Å². The molecule has 20 heavy (non-hydrogen) atoms. The summed E-state index contributed by atoms with van der Waals surface area (Å²) in [6.45, 7) is 7.98. The normalized spacial score (nSPS) is 10.4. The topological polar surface area (TPSA) is 29.5 Å². The van der Waals surface area contributed by atoms with Crippen LogP contribution < -0.4 is 4.74 Å². The van der Waals surface area contributed by atoms with Crippen molar-refractivity contribution in [2.24, 2.45) is 0 Å². The van der Waals surface area contributed by atoms with Gasteiger partial charge in [-0.1, -0.05) is 6.08 Å². The monoisotopic (exact) mass is 279 g/mol. The summed E-state index contributed by atoms with van der Waals surface area (Å²) in [4.78, 5) is 13.9. The smallest absolute Gasteiger partial charge is 0.257 e. The summed E-state index contributed by atoms with van der Waals surface area (Å²) in [6.07, 6.45) is 3.42. The lowest BCUT2D eigenvalue weighted by Crippen LogP contribution is -2.28. The van der Waals surface area contributed by atoms with Crippen molar-refractivity contribution in [2.45, 2.75) is 32.8 Å². The van der Waals surface area contributed by atoms with Gasteiger partial charge in [0.1, 0.15) is 11.6 Å². The van der Waals surface area contributed by atoms with Crippen molar-refractivity contribution in [1.29, 1.82) is 0 Å². The Morgan fingerprint density at radius 1 is 1.50 bits per heavy atom. The molecule has 0 aliphatic heterocycles. The van der Waals surface area contributed by atoms with Gasteiger partial charge in [0, 0.05) is 13.6 Å². The van der Waals surface area contributed by atoms with Gasteiger partial charge in [0.2, 0.25) is 0 Å². The summed E-state index contributed by atoms with van der Waals surface area (Å²) in [7, 11) is 1.70. The van der Waals surface area contributed by atoms with Crippen LogP contribution in [0.2, 0.25) is 0 Å². The Bertz CT molecular complexity index is 472. The largest absolute Gasteiger partial charge is 0.490 e.